The molecule has 0 spiro atoms. The minimum absolute atomic E-state index is 0.0184. The molecule has 1 aromatic heterocycles. The second-order valence-corrected chi connectivity index (χ2v) is 7.28. The van der Waals surface area contributed by atoms with E-state index in [1.807, 2.05) is 55.7 Å². The number of carbonyl (C=O) groups excluding carboxylic acids is 1. The first-order valence-corrected chi connectivity index (χ1v) is 10.2. The molecule has 3 aromatic rings. The Balaban J connectivity index is 1.58. The zero-order chi connectivity index (χ0) is 22.7. The van der Waals surface area contributed by atoms with Gasteiger partial charge in [0.1, 0.15) is 17.4 Å². The van der Waals surface area contributed by atoms with E-state index in [0.29, 0.717) is 23.8 Å². The Morgan fingerprint density at radius 2 is 1.91 bits per heavy atom. The quantitative estimate of drug-likeness (QED) is 0.451. The molecule has 1 amide bonds. The van der Waals surface area contributed by atoms with Crippen molar-refractivity contribution in [2.45, 2.75) is 20.8 Å². The Hall–Kier alpha value is -4.18. The van der Waals surface area contributed by atoms with Crippen molar-refractivity contribution < 1.29 is 19.0 Å². The number of hydrogen-bond donors (Lipinski definition) is 1. The first kappa shape index (κ1) is 21.1. The highest BCUT2D eigenvalue weighted by Crippen LogP contribution is 2.35. The third kappa shape index (κ3) is 4.16. The van der Waals surface area contributed by atoms with E-state index in [1.54, 1.807) is 30.3 Å². The summed E-state index contributed by atoms with van der Waals surface area (Å²) < 4.78 is 18.3. The van der Waals surface area contributed by atoms with E-state index >= 15 is 0 Å². The number of carbonyl (C=O) groups is 1. The average molecular weight is 429 g/mol. The highest BCUT2D eigenvalue weighted by molar-refractivity contribution is 6.09. The number of nitrogens with zero attached hydrogens (tertiary/aromatic N) is 2. The third-order valence-corrected chi connectivity index (χ3v) is 5.17. The van der Waals surface area contributed by atoms with Gasteiger partial charge in [-0.15, -0.1) is 0 Å². The van der Waals surface area contributed by atoms with Crippen LogP contribution in [0.4, 0.5) is 5.69 Å². The first-order valence-electron chi connectivity index (χ1n) is 10.2. The average Bonchev–Trinajstić information content (AvgIpc) is 3.36. The molecule has 2 heterocycles. The summed E-state index contributed by atoms with van der Waals surface area (Å²) in [5.74, 6) is 1.66. The number of anilines is 1. The van der Waals surface area contributed by atoms with Gasteiger partial charge in [0.15, 0.2) is 11.5 Å². The maximum Gasteiger partial charge on any atom is 0.266 e. The molecule has 1 N–H and O–H groups in total. The Morgan fingerprint density at radius 3 is 2.62 bits per heavy atom. The van der Waals surface area contributed by atoms with Gasteiger partial charge < -0.3 is 24.1 Å². The lowest BCUT2D eigenvalue weighted by molar-refractivity contribution is -0.112. The topological polar surface area (TPSA) is 85.5 Å². The lowest BCUT2D eigenvalue weighted by Gasteiger charge is -2.10. The molecule has 1 aliphatic rings. The zero-order valence-electron chi connectivity index (χ0n) is 18.1. The van der Waals surface area contributed by atoms with Gasteiger partial charge in [-0.2, -0.15) is 5.26 Å². The summed E-state index contributed by atoms with van der Waals surface area (Å²) >= 11 is 0. The minimum atomic E-state index is -0.468. The monoisotopic (exact) mass is 429 g/mol. The van der Waals surface area contributed by atoms with Gasteiger partial charge in [-0.25, -0.2) is 0 Å². The molecule has 4 rings (SSSR count). The number of nitriles is 1. The molecular formula is C25H23N3O4. The van der Waals surface area contributed by atoms with Crippen molar-refractivity contribution in [3.8, 4) is 29.0 Å². The van der Waals surface area contributed by atoms with Crippen molar-refractivity contribution in [1.82, 2.24) is 4.57 Å². The molecule has 0 fully saturated rings. The third-order valence-electron chi connectivity index (χ3n) is 5.17. The molecule has 0 saturated carbocycles. The van der Waals surface area contributed by atoms with Gasteiger partial charge in [0.05, 0.1) is 6.61 Å². The normalized spacial score (nSPS) is 12.4. The molecule has 7 heteroatoms. The second-order valence-electron chi connectivity index (χ2n) is 7.28. The predicted molar refractivity (Wildman–Crippen MR) is 121 cm³/mol. The van der Waals surface area contributed by atoms with Crippen molar-refractivity contribution in [2.24, 2.45) is 0 Å². The molecule has 0 atom stereocenters. The lowest BCUT2D eigenvalue weighted by Crippen LogP contribution is -2.13. The van der Waals surface area contributed by atoms with Crippen LogP contribution in [0.2, 0.25) is 0 Å². The predicted octanol–water partition coefficient (Wildman–Crippen LogP) is 4.77. The van der Waals surface area contributed by atoms with Crippen LogP contribution in [0.5, 0.6) is 17.2 Å². The van der Waals surface area contributed by atoms with Crippen LogP contribution in [-0.2, 0) is 4.79 Å². The number of amides is 1. The van der Waals surface area contributed by atoms with Gasteiger partial charge in [0, 0.05) is 28.8 Å². The molecule has 162 valence electrons. The second kappa shape index (κ2) is 8.90. The van der Waals surface area contributed by atoms with Crippen LogP contribution in [0.25, 0.3) is 11.8 Å². The van der Waals surface area contributed by atoms with Gasteiger partial charge in [-0.3, -0.25) is 4.79 Å². The highest BCUT2D eigenvalue weighted by Gasteiger charge is 2.17. The molecular weight excluding hydrogens is 406 g/mol. The van der Waals surface area contributed by atoms with Crippen LogP contribution in [0.15, 0.2) is 54.1 Å². The van der Waals surface area contributed by atoms with Crippen LogP contribution in [0, 0.1) is 25.2 Å². The van der Waals surface area contributed by atoms with Gasteiger partial charge in [0.25, 0.3) is 5.91 Å². The van der Waals surface area contributed by atoms with Crippen molar-refractivity contribution >= 4 is 17.7 Å². The van der Waals surface area contributed by atoms with Gasteiger partial charge in [-0.05, 0) is 74.9 Å². The van der Waals surface area contributed by atoms with Crippen LogP contribution < -0.4 is 19.5 Å². The summed E-state index contributed by atoms with van der Waals surface area (Å²) in [5, 5.41) is 12.4. The molecule has 32 heavy (non-hydrogen) atoms. The van der Waals surface area contributed by atoms with Crippen LogP contribution in [0.3, 0.4) is 0 Å². The van der Waals surface area contributed by atoms with Crippen molar-refractivity contribution in [1.29, 1.82) is 5.26 Å². The first-order chi connectivity index (χ1) is 15.5. The van der Waals surface area contributed by atoms with E-state index in [1.165, 1.54) is 0 Å². The van der Waals surface area contributed by atoms with E-state index in [0.717, 1.165) is 28.4 Å². The van der Waals surface area contributed by atoms with E-state index in [9.17, 15) is 10.1 Å². The van der Waals surface area contributed by atoms with Gasteiger partial charge >= 0.3 is 0 Å². The van der Waals surface area contributed by atoms with Crippen LogP contribution in [-0.4, -0.2) is 23.9 Å². The summed E-state index contributed by atoms with van der Waals surface area (Å²) in [6, 6.07) is 16.7. The Morgan fingerprint density at radius 1 is 1.16 bits per heavy atom. The number of ether oxygens (including phenoxy) is 3. The summed E-state index contributed by atoms with van der Waals surface area (Å²) in [7, 11) is 0. The van der Waals surface area contributed by atoms with Gasteiger partial charge in [0.2, 0.25) is 6.79 Å². The number of aromatic nitrogens is 1. The molecule has 7 nitrogen and oxygen atoms in total. The number of hydrogen-bond acceptors (Lipinski definition) is 5. The number of nitrogens with one attached hydrogen (secondary N) is 1. The number of aryl methyl sites for hydroxylation is 1. The number of fused-ring (bicyclic) bond motifs is 1. The van der Waals surface area contributed by atoms with E-state index in [-0.39, 0.29) is 12.4 Å². The maximum absolute atomic E-state index is 12.7. The summed E-state index contributed by atoms with van der Waals surface area (Å²) in [6.07, 6.45) is 1.61. The number of rotatable bonds is 6. The largest absolute Gasteiger partial charge is 0.494 e. The lowest BCUT2D eigenvalue weighted by atomic mass is 10.1. The molecule has 1 aliphatic heterocycles. The standard InChI is InChI=1S/C25H23N3O4/c1-4-30-22-8-5-20(6-9-22)27-25(29)19(14-26)12-18-11-16(2)28(17(18)3)21-7-10-23-24(13-21)32-15-31-23/h5-13H,4,15H2,1-3H3,(H,27,29)/b19-12-. The summed E-state index contributed by atoms with van der Waals surface area (Å²) in [4.78, 5) is 12.7. The smallest absolute Gasteiger partial charge is 0.266 e. The zero-order valence-corrected chi connectivity index (χ0v) is 18.1. The van der Waals surface area contributed by atoms with E-state index in [4.69, 9.17) is 14.2 Å². The van der Waals surface area contributed by atoms with Crippen LogP contribution in [0.1, 0.15) is 23.9 Å². The maximum atomic E-state index is 12.7. The molecule has 0 bridgehead atoms. The van der Waals surface area contributed by atoms with E-state index in [2.05, 4.69) is 5.32 Å². The fourth-order valence-corrected chi connectivity index (χ4v) is 3.66. The highest BCUT2D eigenvalue weighted by atomic mass is 16.7. The number of benzene rings is 2. The van der Waals surface area contributed by atoms with Crippen LogP contribution >= 0.6 is 0 Å². The molecule has 0 unspecified atom stereocenters. The summed E-state index contributed by atoms with van der Waals surface area (Å²) in [5.41, 5.74) is 4.19. The minimum Gasteiger partial charge on any atom is -0.494 e. The van der Waals surface area contributed by atoms with Crippen molar-refractivity contribution in [3.05, 3.63) is 71.1 Å². The Kier molecular flexibility index (Phi) is 5.86. The van der Waals surface area contributed by atoms with E-state index < -0.39 is 5.91 Å². The Labute approximate surface area is 186 Å². The van der Waals surface area contributed by atoms with Crippen molar-refractivity contribution in [3.63, 3.8) is 0 Å². The molecule has 0 saturated heterocycles. The molecule has 0 aliphatic carbocycles. The fourth-order valence-electron chi connectivity index (χ4n) is 3.66. The Bertz CT molecular complexity index is 1230. The molecule has 2 aromatic carbocycles. The van der Waals surface area contributed by atoms with Crippen molar-refractivity contribution in [2.75, 3.05) is 18.7 Å². The summed E-state index contributed by atoms with van der Waals surface area (Å²) in [6.45, 7) is 6.61. The SMILES string of the molecule is CCOc1ccc(NC(=O)/C(C#N)=C\c2cc(C)n(-c3ccc4c(c3)OCO4)c2C)cc1. The fraction of sp³-hybridized carbons (Fsp3) is 0.200. The molecule has 0 radical (unpaired) electrons. The van der Waals surface area contributed by atoms with Gasteiger partial charge in [-0.1, -0.05) is 0 Å².